The third-order valence-electron chi connectivity index (χ3n) is 4.48. The highest BCUT2D eigenvalue weighted by atomic mass is 35.5. The molecule has 7 heteroatoms. The lowest BCUT2D eigenvalue weighted by molar-refractivity contribution is 0.0472. The summed E-state index contributed by atoms with van der Waals surface area (Å²) in [7, 11) is -3.62. The molecule has 0 unspecified atom stereocenters. The Hall–Kier alpha value is -1.89. The molecule has 2 aromatic rings. The number of carbonyl (C=O) groups is 1. The molecule has 0 saturated carbocycles. The van der Waals surface area contributed by atoms with E-state index >= 15 is 0 Å². The Labute approximate surface area is 158 Å². The maximum atomic E-state index is 12.7. The highest BCUT2D eigenvalue weighted by Gasteiger charge is 2.28. The van der Waals surface area contributed by atoms with Crippen LogP contribution in [0.3, 0.4) is 0 Å². The van der Waals surface area contributed by atoms with E-state index in [1.807, 2.05) is 31.2 Å². The largest absolute Gasteiger partial charge is 0.457 e. The third-order valence-corrected chi connectivity index (χ3v) is 6.70. The van der Waals surface area contributed by atoms with Crippen molar-refractivity contribution in [2.24, 2.45) is 0 Å². The van der Waals surface area contributed by atoms with Crippen LogP contribution in [0.15, 0.2) is 47.4 Å². The molecule has 0 bridgehead atoms. The highest BCUT2D eigenvalue weighted by molar-refractivity contribution is 7.89. The first-order chi connectivity index (χ1) is 12.4. The van der Waals surface area contributed by atoms with Gasteiger partial charge in [0.2, 0.25) is 10.0 Å². The summed E-state index contributed by atoms with van der Waals surface area (Å²) in [5.41, 5.74) is 1.95. The van der Waals surface area contributed by atoms with E-state index in [0.717, 1.165) is 24.0 Å². The van der Waals surface area contributed by atoms with Gasteiger partial charge in [0.1, 0.15) is 6.61 Å². The van der Waals surface area contributed by atoms with Crippen LogP contribution in [-0.4, -0.2) is 31.8 Å². The minimum absolute atomic E-state index is 0.0560. The number of nitrogens with zero attached hydrogens (tertiary/aromatic N) is 1. The Kier molecular flexibility index (Phi) is 5.65. The average Bonchev–Trinajstić information content (AvgIpc) is 3.16. The molecule has 3 rings (SSSR count). The first-order valence-corrected chi connectivity index (χ1v) is 10.2. The molecule has 0 atom stereocenters. The standard InChI is InChI=1S/C19H20ClNO4S/c1-14-6-2-3-7-15(14)13-25-19(22)17-12-16(8-9-18(17)20)26(23,24)21-10-4-5-11-21/h2-3,6-9,12H,4-5,10-11,13H2,1H3. The second-order valence-corrected chi connectivity index (χ2v) is 8.60. The van der Waals surface area contributed by atoms with E-state index in [4.69, 9.17) is 16.3 Å². The Morgan fingerprint density at radius 3 is 2.54 bits per heavy atom. The van der Waals surface area contributed by atoms with Crippen molar-refractivity contribution in [1.82, 2.24) is 4.31 Å². The molecule has 1 fully saturated rings. The Morgan fingerprint density at radius 2 is 1.85 bits per heavy atom. The molecule has 0 radical (unpaired) electrons. The molecule has 0 N–H and O–H groups in total. The van der Waals surface area contributed by atoms with Gasteiger partial charge < -0.3 is 4.74 Å². The molecule has 1 aliphatic rings. The topological polar surface area (TPSA) is 63.7 Å². The van der Waals surface area contributed by atoms with Gasteiger partial charge in [-0.15, -0.1) is 0 Å². The highest BCUT2D eigenvalue weighted by Crippen LogP contribution is 2.26. The van der Waals surface area contributed by atoms with Crippen LogP contribution >= 0.6 is 11.6 Å². The van der Waals surface area contributed by atoms with Crippen molar-refractivity contribution in [1.29, 1.82) is 0 Å². The van der Waals surface area contributed by atoms with Gasteiger partial charge in [-0.1, -0.05) is 35.9 Å². The fraction of sp³-hybridized carbons (Fsp3) is 0.316. The molecule has 0 aromatic heterocycles. The smallest absolute Gasteiger partial charge is 0.340 e. The van der Waals surface area contributed by atoms with Gasteiger partial charge in [-0.05, 0) is 49.1 Å². The molecule has 2 aromatic carbocycles. The van der Waals surface area contributed by atoms with Crippen LogP contribution in [-0.2, 0) is 21.4 Å². The van der Waals surface area contributed by atoms with Gasteiger partial charge in [-0.25, -0.2) is 13.2 Å². The molecule has 138 valence electrons. The molecule has 0 aliphatic carbocycles. The summed E-state index contributed by atoms with van der Waals surface area (Å²) in [6.07, 6.45) is 1.69. The zero-order valence-electron chi connectivity index (χ0n) is 14.4. The van der Waals surface area contributed by atoms with Crippen molar-refractivity contribution in [3.8, 4) is 0 Å². The van der Waals surface area contributed by atoms with E-state index in [-0.39, 0.29) is 22.1 Å². The van der Waals surface area contributed by atoms with E-state index in [1.54, 1.807) is 0 Å². The average molecular weight is 394 g/mol. The number of hydrogen-bond acceptors (Lipinski definition) is 4. The number of esters is 1. The van der Waals surface area contributed by atoms with Gasteiger partial charge >= 0.3 is 5.97 Å². The molecule has 26 heavy (non-hydrogen) atoms. The van der Waals surface area contributed by atoms with E-state index in [9.17, 15) is 13.2 Å². The summed E-state index contributed by atoms with van der Waals surface area (Å²) in [5, 5.41) is 0.167. The van der Waals surface area contributed by atoms with Crippen LogP contribution in [0, 0.1) is 6.92 Å². The number of carbonyl (C=O) groups excluding carboxylic acids is 1. The Bertz CT molecular complexity index is 921. The third kappa shape index (κ3) is 3.92. The molecule has 0 amide bonds. The van der Waals surface area contributed by atoms with Gasteiger partial charge in [-0.2, -0.15) is 4.31 Å². The molecule has 5 nitrogen and oxygen atoms in total. The molecule has 1 saturated heterocycles. The Morgan fingerprint density at radius 1 is 1.15 bits per heavy atom. The SMILES string of the molecule is Cc1ccccc1COC(=O)c1cc(S(=O)(=O)N2CCCC2)ccc1Cl. The summed E-state index contributed by atoms with van der Waals surface area (Å²) >= 11 is 6.10. The quantitative estimate of drug-likeness (QED) is 0.725. The first-order valence-electron chi connectivity index (χ1n) is 8.41. The molecular formula is C19H20ClNO4S. The van der Waals surface area contributed by atoms with Crippen LogP contribution in [0.2, 0.25) is 5.02 Å². The van der Waals surface area contributed by atoms with Gasteiger partial charge in [0.05, 0.1) is 15.5 Å². The van der Waals surface area contributed by atoms with Crippen molar-refractivity contribution in [3.63, 3.8) is 0 Å². The Balaban J connectivity index is 1.81. The normalized spacial score (nSPS) is 15.2. The molecular weight excluding hydrogens is 374 g/mol. The number of hydrogen-bond donors (Lipinski definition) is 0. The summed E-state index contributed by atoms with van der Waals surface area (Å²) in [4.78, 5) is 12.5. The number of halogens is 1. The van der Waals surface area contributed by atoms with Gasteiger partial charge in [0, 0.05) is 13.1 Å². The lowest BCUT2D eigenvalue weighted by Gasteiger charge is -2.16. The fourth-order valence-electron chi connectivity index (χ4n) is 2.89. The number of rotatable bonds is 5. The zero-order chi connectivity index (χ0) is 18.7. The minimum Gasteiger partial charge on any atom is -0.457 e. The summed E-state index contributed by atoms with van der Waals surface area (Å²) in [6, 6.07) is 11.7. The number of ether oxygens (including phenoxy) is 1. The minimum atomic E-state index is -3.62. The van der Waals surface area contributed by atoms with Crippen molar-refractivity contribution in [2.75, 3.05) is 13.1 Å². The monoisotopic (exact) mass is 393 g/mol. The summed E-state index contributed by atoms with van der Waals surface area (Å²) in [5.74, 6) is -0.642. The lowest BCUT2D eigenvalue weighted by atomic mass is 10.1. The van der Waals surface area contributed by atoms with Gasteiger partial charge in [0.15, 0.2) is 0 Å². The second-order valence-electron chi connectivity index (χ2n) is 6.26. The van der Waals surface area contributed by atoms with Crippen LogP contribution in [0.1, 0.15) is 34.3 Å². The van der Waals surface area contributed by atoms with E-state index < -0.39 is 16.0 Å². The van der Waals surface area contributed by atoms with Crippen LogP contribution in [0.4, 0.5) is 0 Å². The maximum Gasteiger partial charge on any atom is 0.340 e. The van der Waals surface area contributed by atoms with E-state index in [1.165, 1.54) is 22.5 Å². The zero-order valence-corrected chi connectivity index (χ0v) is 16.0. The number of benzene rings is 2. The van der Waals surface area contributed by atoms with Crippen LogP contribution < -0.4 is 0 Å². The lowest BCUT2D eigenvalue weighted by Crippen LogP contribution is -2.28. The van der Waals surface area contributed by atoms with Gasteiger partial charge in [-0.3, -0.25) is 0 Å². The predicted octanol–water partition coefficient (Wildman–Crippen LogP) is 3.79. The van der Waals surface area contributed by atoms with E-state index in [0.29, 0.717) is 13.1 Å². The van der Waals surface area contributed by atoms with E-state index in [2.05, 4.69) is 0 Å². The molecule has 0 spiro atoms. The van der Waals surface area contributed by atoms with Crippen LogP contribution in [0.25, 0.3) is 0 Å². The van der Waals surface area contributed by atoms with Gasteiger partial charge in [0.25, 0.3) is 0 Å². The summed E-state index contributed by atoms with van der Waals surface area (Å²) < 4.78 is 32.1. The van der Waals surface area contributed by atoms with Crippen molar-refractivity contribution < 1.29 is 17.9 Å². The maximum absolute atomic E-state index is 12.7. The van der Waals surface area contributed by atoms with Crippen molar-refractivity contribution in [2.45, 2.75) is 31.3 Å². The predicted molar refractivity (Wildman–Crippen MR) is 99.7 cm³/mol. The van der Waals surface area contributed by atoms with Crippen molar-refractivity contribution >= 4 is 27.6 Å². The van der Waals surface area contributed by atoms with Crippen LogP contribution in [0.5, 0.6) is 0 Å². The first kappa shape index (κ1) is 18.9. The summed E-state index contributed by atoms with van der Waals surface area (Å²) in [6.45, 7) is 3.03. The molecule has 1 aliphatic heterocycles. The second kappa shape index (κ2) is 7.78. The fourth-order valence-corrected chi connectivity index (χ4v) is 4.63. The van der Waals surface area contributed by atoms with Crippen molar-refractivity contribution in [3.05, 3.63) is 64.2 Å². The number of sulfonamides is 1. The molecule has 1 heterocycles. The number of aryl methyl sites for hydroxylation is 1.